The molecule has 1 aliphatic rings. The minimum absolute atomic E-state index is 0.0603. The molecule has 1 fully saturated rings. The molecule has 1 saturated heterocycles. The first-order valence-electron chi connectivity index (χ1n) is 9.22. The second kappa shape index (κ2) is 8.66. The minimum Gasteiger partial charge on any atom is -0.385 e. The number of nitrogens with one attached hydrogen (secondary N) is 1. The lowest BCUT2D eigenvalue weighted by atomic mass is 10.1. The Morgan fingerprint density at radius 2 is 1.50 bits per heavy atom. The van der Waals surface area contributed by atoms with E-state index in [-0.39, 0.29) is 11.4 Å². The number of aliphatic hydroxyl groups excluding tert-OH is 1. The van der Waals surface area contributed by atoms with Crippen LogP contribution in [0.1, 0.15) is 19.3 Å². The van der Waals surface area contributed by atoms with Gasteiger partial charge in [0.25, 0.3) is 10.0 Å². The lowest BCUT2D eigenvalue weighted by molar-refractivity contribution is -0.907. The Morgan fingerprint density at radius 1 is 0.923 bits per heavy atom. The lowest BCUT2D eigenvalue weighted by Crippen LogP contribution is -3.14. The van der Waals surface area contributed by atoms with E-state index in [9.17, 15) is 13.5 Å². The summed E-state index contributed by atoms with van der Waals surface area (Å²) in [5.74, 6) is 0. The molecule has 6 heteroatoms. The number of piperidine rings is 1. The average Bonchev–Trinajstić information content (AvgIpc) is 2.68. The largest absolute Gasteiger partial charge is 0.385 e. The van der Waals surface area contributed by atoms with E-state index in [1.807, 2.05) is 18.2 Å². The molecule has 0 radical (unpaired) electrons. The Labute approximate surface area is 155 Å². The van der Waals surface area contributed by atoms with Gasteiger partial charge in [0.2, 0.25) is 0 Å². The van der Waals surface area contributed by atoms with Crippen LogP contribution in [0.3, 0.4) is 0 Å². The fourth-order valence-electron chi connectivity index (χ4n) is 3.50. The number of nitrogens with zero attached hydrogens (tertiary/aromatic N) is 1. The SMILES string of the molecule is O=S(=O)(c1ccccc1)N(C[C@H](O)C[NH+]1CCCCC1)c1ccccc1. The molecule has 0 aliphatic carbocycles. The number of para-hydroxylation sites is 1. The van der Waals surface area contributed by atoms with E-state index >= 15 is 0 Å². The van der Waals surface area contributed by atoms with Crippen LogP contribution in [0.5, 0.6) is 0 Å². The number of rotatable bonds is 7. The summed E-state index contributed by atoms with van der Waals surface area (Å²) in [6.45, 7) is 2.74. The van der Waals surface area contributed by atoms with Gasteiger partial charge < -0.3 is 10.0 Å². The summed E-state index contributed by atoms with van der Waals surface area (Å²) < 4.78 is 27.7. The second-order valence-electron chi connectivity index (χ2n) is 6.85. The molecule has 2 aromatic carbocycles. The summed E-state index contributed by atoms with van der Waals surface area (Å²) in [6, 6.07) is 17.4. The molecular formula is C20H27N2O3S+. The number of quaternary nitrogens is 1. The third-order valence-electron chi connectivity index (χ3n) is 4.84. The summed E-state index contributed by atoms with van der Waals surface area (Å²) in [5, 5.41) is 10.6. The number of aliphatic hydroxyl groups is 1. The third kappa shape index (κ3) is 4.63. The second-order valence-corrected chi connectivity index (χ2v) is 8.72. The van der Waals surface area contributed by atoms with Crippen molar-refractivity contribution in [3.63, 3.8) is 0 Å². The molecule has 0 unspecified atom stereocenters. The molecule has 140 valence electrons. The Kier molecular flexibility index (Phi) is 6.29. The van der Waals surface area contributed by atoms with Gasteiger partial charge in [-0.1, -0.05) is 36.4 Å². The number of anilines is 1. The number of hydrogen-bond donors (Lipinski definition) is 2. The molecule has 1 heterocycles. The monoisotopic (exact) mass is 375 g/mol. The van der Waals surface area contributed by atoms with Gasteiger partial charge >= 0.3 is 0 Å². The van der Waals surface area contributed by atoms with E-state index in [1.165, 1.54) is 28.5 Å². The van der Waals surface area contributed by atoms with Gasteiger partial charge in [0.1, 0.15) is 12.6 Å². The first-order valence-corrected chi connectivity index (χ1v) is 10.7. The standard InChI is InChI=1S/C20H26N2O3S/c23-19(16-21-14-8-3-9-15-21)17-22(18-10-4-1-5-11-18)26(24,25)20-12-6-2-7-13-20/h1-2,4-7,10-13,19,23H,3,8-9,14-17H2/p+1/t19-/m1/s1. The number of likely N-dealkylation sites (tertiary alicyclic amines) is 1. The quantitative estimate of drug-likeness (QED) is 0.767. The van der Waals surface area contributed by atoms with E-state index in [1.54, 1.807) is 42.5 Å². The summed E-state index contributed by atoms with van der Waals surface area (Å²) in [6.07, 6.45) is 2.89. The van der Waals surface area contributed by atoms with E-state index in [4.69, 9.17) is 0 Å². The van der Waals surface area contributed by atoms with Gasteiger partial charge in [0.15, 0.2) is 0 Å². The molecular weight excluding hydrogens is 348 g/mol. The van der Waals surface area contributed by atoms with Crippen molar-refractivity contribution in [2.45, 2.75) is 30.3 Å². The van der Waals surface area contributed by atoms with Gasteiger partial charge in [-0.25, -0.2) is 8.42 Å². The maximum absolute atomic E-state index is 13.2. The Bertz CT molecular complexity index is 775. The highest BCUT2D eigenvalue weighted by Crippen LogP contribution is 2.23. The van der Waals surface area contributed by atoms with Crippen LogP contribution >= 0.6 is 0 Å². The zero-order valence-corrected chi connectivity index (χ0v) is 15.7. The number of benzene rings is 2. The summed E-state index contributed by atoms with van der Waals surface area (Å²) in [7, 11) is -3.73. The molecule has 3 rings (SSSR count). The molecule has 26 heavy (non-hydrogen) atoms. The van der Waals surface area contributed by atoms with Crippen molar-refractivity contribution in [1.29, 1.82) is 0 Å². The van der Waals surface area contributed by atoms with Crippen LogP contribution in [-0.2, 0) is 10.0 Å². The highest BCUT2D eigenvalue weighted by molar-refractivity contribution is 7.92. The normalized spacial score (nSPS) is 17.0. The molecule has 0 bridgehead atoms. The van der Waals surface area contributed by atoms with Gasteiger partial charge in [-0.15, -0.1) is 0 Å². The highest BCUT2D eigenvalue weighted by atomic mass is 32.2. The highest BCUT2D eigenvalue weighted by Gasteiger charge is 2.28. The van der Waals surface area contributed by atoms with Gasteiger partial charge in [-0.05, 0) is 43.5 Å². The Balaban J connectivity index is 1.82. The molecule has 2 N–H and O–H groups in total. The van der Waals surface area contributed by atoms with E-state index < -0.39 is 16.1 Å². The Hall–Kier alpha value is -1.89. The molecule has 5 nitrogen and oxygen atoms in total. The summed E-state index contributed by atoms with van der Waals surface area (Å²) in [5.41, 5.74) is 0.573. The maximum atomic E-state index is 13.2. The summed E-state index contributed by atoms with van der Waals surface area (Å²) >= 11 is 0. The third-order valence-corrected chi connectivity index (χ3v) is 6.64. The predicted octanol–water partition coefficient (Wildman–Crippen LogP) is 1.31. The molecule has 0 spiro atoms. The van der Waals surface area contributed by atoms with Crippen molar-refractivity contribution < 1.29 is 18.4 Å². The number of sulfonamides is 1. The zero-order chi connectivity index (χ0) is 18.4. The smallest absolute Gasteiger partial charge is 0.264 e. The molecule has 1 atom stereocenters. The van der Waals surface area contributed by atoms with Crippen molar-refractivity contribution in [3.8, 4) is 0 Å². The van der Waals surface area contributed by atoms with Crippen LogP contribution < -0.4 is 9.21 Å². The first-order chi connectivity index (χ1) is 12.6. The molecule has 0 amide bonds. The zero-order valence-electron chi connectivity index (χ0n) is 14.9. The number of hydrogen-bond acceptors (Lipinski definition) is 3. The average molecular weight is 376 g/mol. The van der Waals surface area contributed by atoms with Crippen molar-refractivity contribution in [2.75, 3.05) is 30.5 Å². The molecule has 1 aliphatic heterocycles. The van der Waals surface area contributed by atoms with Crippen LogP contribution in [-0.4, -0.2) is 45.8 Å². The van der Waals surface area contributed by atoms with E-state index in [2.05, 4.69) is 0 Å². The molecule has 0 aromatic heterocycles. The van der Waals surface area contributed by atoms with E-state index in [0.29, 0.717) is 12.2 Å². The first kappa shape index (κ1) is 18.9. The Morgan fingerprint density at radius 3 is 2.12 bits per heavy atom. The topological polar surface area (TPSA) is 62.0 Å². The van der Waals surface area contributed by atoms with Crippen molar-refractivity contribution in [3.05, 3.63) is 60.7 Å². The fourth-order valence-corrected chi connectivity index (χ4v) is 5.02. The van der Waals surface area contributed by atoms with Crippen molar-refractivity contribution >= 4 is 15.7 Å². The predicted molar refractivity (Wildman–Crippen MR) is 103 cm³/mol. The van der Waals surface area contributed by atoms with Crippen LogP contribution in [0, 0.1) is 0 Å². The summed E-state index contributed by atoms with van der Waals surface area (Å²) in [4.78, 5) is 1.59. The van der Waals surface area contributed by atoms with Crippen molar-refractivity contribution in [1.82, 2.24) is 0 Å². The van der Waals surface area contributed by atoms with Gasteiger partial charge in [-0.2, -0.15) is 0 Å². The maximum Gasteiger partial charge on any atom is 0.264 e. The lowest BCUT2D eigenvalue weighted by Gasteiger charge is -2.30. The van der Waals surface area contributed by atoms with Crippen LogP contribution in [0.2, 0.25) is 0 Å². The van der Waals surface area contributed by atoms with Gasteiger partial charge in [0.05, 0.1) is 30.2 Å². The minimum atomic E-state index is -3.73. The molecule has 2 aromatic rings. The van der Waals surface area contributed by atoms with Gasteiger partial charge in [0, 0.05) is 0 Å². The van der Waals surface area contributed by atoms with Crippen LogP contribution in [0.4, 0.5) is 5.69 Å². The molecule has 0 saturated carbocycles. The van der Waals surface area contributed by atoms with Crippen molar-refractivity contribution in [2.24, 2.45) is 0 Å². The van der Waals surface area contributed by atoms with Crippen LogP contribution in [0.15, 0.2) is 65.6 Å². The fraction of sp³-hybridized carbons (Fsp3) is 0.400. The van der Waals surface area contributed by atoms with Gasteiger partial charge in [-0.3, -0.25) is 4.31 Å². The van der Waals surface area contributed by atoms with E-state index in [0.717, 1.165) is 13.1 Å². The van der Waals surface area contributed by atoms with Crippen LogP contribution in [0.25, 0.3) is 0 Å².